The van der Waals surface area contributed by atoms with Crippen molar-refractivity contribution in [2.75, 3.05) is 26.2 Å². The Balaban J connectivity index is 1.59. The number of hydrogen-bond acceptors (Lipinski definition) is 6. The molecule has 3 heterocycles. The van der Waals surface area contributed by atoms with Crippen LogP contribution in [0.1, 0.15) is 42.5 Å². The summed E-state index contributed by atoms with van der Waals surface area (Å²) in [6.07, 6.45) is 0.843. The van der Waals surface area contributed by atoms with E-state index in [1.54, 1.807) is 22.7 Å². The van der Waals surface area contributed by atoms with Gasteiger partial charge in [-0.15, -0.1) is 11.3 Å². The van der Waals surface area contributed by atoms with Gasteiger partial charge < -0.3 is 5.11 Å². The second-order valence-corrected chi connectivity index (χ2v) is 8.55. The van der Waals surface area contributed by atoms with Crippen molar-refractivity contribution in [1.29, 1.82) is 0 Å². The minimum Gasteiger partial charge on any atom is -0.396 e. The van der Waals surface area contributed by atoms with Crippen molar-refractivity contribution in [2.24, 2.45) is 0 Å². The van der Waals surface area contributed by atoms with Crippen LogP contribution in [-0.2, 0) is 13.1 Å². The maximum Gasteiger partial charge on any atom is 0.107 e. The third kappa shape index (κ3) is 4.64. The molecule has 1 aliphatic rings. The van der Waals surface area contributed by atoms with Gasteiger partial charge in [-0.2, -0.15) is 11.3 Å². The lowest BCUT2D eigenvalue weighted by Crippen LogP contribution is -2.52. The van der Waals surface area contributed by atoms with Crippen molar-refractivity contribution in [2.45, 2.75) is 45.3 Å². The third-order valence-electron chi connectivity index (χ3n) is 4.64. The van der Waals surface area contributed by atoms with Gasteiger partial charge in [-0.25, -0.2) is 4.98 Å². The quantitative estimate of drug-likeness (QED) is 0.816. The number of thiophene rings is 1. The lowest BCUT2D eigenvalue weighted by atomic mass is 10.1. The predicted octanol–water partition coefficient (Wildman–Crippen LogP) is 3.40. The Morgan fingerprint density at radius 1 is 1.29 bits per heavy atom. The van der Waals surface area contributed by atoms with Gasteiger partial charge in [-0.3, -0.25) is 9.80 Å². The first kappa shape index (κ1) is 18.0. The zero-order valence-electron chi connectivity index (χ0n) is 14.5. The van der Waals surface area contributed by atoms with E-state index in [0.29, 0.717) is 12.0 Å². The summed E-state index contributed by atoms with van der Waals surface area (Å²) in [7, 11) is 0. The average molecular weight is 366 g/mol. The highest BCUT2D eigenvalue weighted by molar-refractivity contribution is 7.09. The predicted molar refractivity (Wildman–Crippen MR) is 102 cm³/mol. The highest BCUT2D eigenvalue weighted by Gasteiger charge is 2.27. The molecule has 0 aromatic carbocycles. The molecule has 0 radical (unpaired) electrons. The molecular formula is C18H27N3OS2. The maximum absolute atomic E-state index is 9.45. The van der Waals surface area contributed by atoms with E-state index in [-0.39, 0.29) is 6.61 Å². The molecule has 4 nitrogen and oxygen atoms in total. The molecular weight excluding hydrogens is 338 g/mol. The molecule has 132 valence electrons. The van der Waals surface area contributed by atoms with Crippen LogP contribution in [0, 0.1) is 0 Å². The van der Waals surface area contributed by atoms with Gasteiger partial charge in [0.25, 0.3) is 0 Å². The van der Waals surface area contributed by atoms with Gasteiger partial charge in [0.1, 0.15) is 5.01 Å². The fourth-order valence-electron chi connectivity index (χ4n) is 3.20. The van der Waals surface area contributed by atoms with Crippen molar-refractivity contribution in [3.8, 4) is 0 Å². The largest absolute Gasteiger partial charge is 0.396 e. The maximum atomic E-state index is 9.45. The molecule has 6 heteroatoms. The summed E-state index contributed by atoms with van der Waals surface area (Å²) in [4.78, 5) is 9.79. The molecule has 2 aromatic heterocycles. The molecule has 1 N–H and O–H groups in total. The van der Waals surface area contributed by atoms with Crippen LogP contribution >= 0.6 is 22.7 Å². The van der Waals surface area contributed by atoms with Crippen LogP contribution in [0.5, 0.6) is 0 Å². The van der Waals surface area contributed by atoms with Gasteiger partial charge in [0.2, 0.25) is 0 Å². The Morgan fingerprint density at radius 3 is 2.83 bits per heavy atom. The molecule has 0 unspecified atom stereocenters. The first-order valence-corrected chi connectivity index (χ1v) is 10.5. The molecule has 24 heavy (non-hydrogen) atoms. The molecule has 1 saturated heterocycles. The van der Waals surface area contributed by atoms with Gasteiger partial charge >= 0.3 is 0 Å². The van der Waals surface area contributed by atoms with E-state index < -0.39 is 0 Å². The van der Waals surface area contributed by atoms with E-state index in [1.807, 2.05) is 0 Å². The van der Waals surface area contributed by atoms with Crippen molar-refractivity contribution in [1.82, 2.24) is 14.8 Å². The first-order valence-electron chi connectivity index (χ1n) is 8.68. The van der Waals surface area contributed by atoms with Crippen LogP contribution in [-0.4, -0.2) is 52.2 Å². The summed E-state index contributed by atoms with van der Waals surface area (Å²) >= 11 is 3.53. The monoisotopic (exact) mass is 365 g/mol. The van der Waals surface area contributed by atoms with Crippen molar-refractivity contribution >= 4 is 22.7 Å². The minimum atomic E-state index is 0.257. The Bertz CT molecular complexity index is 612. The summed E-state index contributed by atoms with van der Waals surface area (Å²) in [5.74, 6) is 0.500. The second kappa shape index (κ2) is 8.54. The molecule has 1 fully saturated rings. The number of thiazole rings is 1. The number of rotatable bonds is 7. The number of nitrogens with zero attached hydrogens (tertiary/aromatic N) is 3. The third-order valence-corrected chi connectivity index (χ3v) is 6.22. The van der Waals surface area contributed by atoms with E-state index in [4.69, 9.17) is 4.98 Å². The van der Waals surface area contributed by atoms with Crippen molar-refractivity contribution in [3.63, 3.8) is 0 Å². The Morgan fingerprint density at radius 2 is 2.17 bits per heavy atom. The smallest absolute Gasteiger partial charge is 0.107 e. The summed E-state index contributed by atoms with van der Waals surface area (Å²) in [6.45, 7) is 9.72. The summed E-state index contributed by atoms with van der Waals surface area (Å²) in [5, 5.41) is 17.2. The second-order valence-electron chi connectivity index (χ2n) is 6.82. The lowest BCUT2D eigenvalue weighted by Gasteiger charge is -2.41. The van der Waals surface area contributed by atoms with E-state index in [1.165, 1.54) is 16.3 Å². The van der Waals surface area contributed by atoms with Gasteiger partial charge in [-0.05, 0) is 34.7 Å². The van der Waals surface area contributed by atoms with Crippen LogP contribution in [0.3, 0.4) is 0 Å². The van der Waals surface area contributed by atoms with E-state index in [2.05, 4.69) is 45.9 Å². The Labute approximate surface area is 152 Å². The average Bonchev–Trinajstić information content (AvgIpc) is 3.22. The Kier molecular flexibility index (Phi) is 6.41. The molecule has 0 bridgehead atoms. The summed E-state index contributed by atoms with van der Waals surface area (Å²) in [5.41, 5.74) is 2.59. The molecule has 3 rings (SSSR count). The van der Waals surface area contributed by atoms with Gasteiger partial charge in [0.15, 0.2) is 0 Å². The normalized spacial score (nSPS) is 20.1. The number of aromatic nitrogens is 1. The van der Waals surface area contributed by atoms with Crippen LogP contribution in [0.15, 0.2) is 22.2 Å². The standard InChI is InChI=1S/C18H27N3OS2/c1-14(2)17-13-24-18(19-17)11-20-5-6-21(16(10-20)3-7-22)9-15-4-8-23-12-15/h4,8,12-14,16,22H,3,5-7,9-11H2,1-2H3/t16-/m1/s1. The number of aliphatic hydroxyl groups excluding tert-OH is 1. The molecule has 0 spiro atoms. The molecule has 0 amide bonds. The van der Waals surface area contributed by atoms with Crippen molar-refractivity contribution < 1.29 is 5.11 Å². The molecule has 0 saturated carbocycles. The summed E-state index contributed by atoms with van der Waals surface area (Å²) < 4.78 is 0. The van der Waals surface area contributed by atoms with Gasteiger partial charge in [-0.1, -0.05) is 13.8 Å². The highest BCUT2D eigenvalue weighted by Crippen LogP contribution is 2.22. The lowest BCUT2D eigenvalue weighted by molar-refractivity contribution is 0.0500. The fourth-order valence-corrected chi connectivity index (χ4v) is 4.86. The van der Waals surface area contributed by atoms with Gasteiger partial charge in [0.05, 0.1) is 12.2 Å². The SMILES string of the molecule is CC(C)c1csc(CN2CCN(Cc3ccsc3)[C@H](CCO)C2)n1. The fraction of sp³-hybridized carbons (Fsp3) is 0.611. The minimum absolute atomic E-state index is 0.257. The van der Waals surface area contributed by atoms with Crippen LogP contribution in [0.25, 0.3) is 0 Å². The van der Waals surface area contributed by atoms with Crippen LogP contribution in [0.2, 0.25) is 0 Å². The van der Waals surface area contributed by atoms with E-state index in [9.17, 15) is 5.11 Å². The van der Waals surface area contributed by atoms with Crippen molar-refractivity contribution in [3.05, 3.63) is 38.5 Å². The number of piperazine rings is 1. The number of hydrogen-bond donors (Lipinski definition) is 1. The first-order chi connectivity index (χ1) is 11.7. The Hall–Kier alpha value is -0.790. The zero-order valence-corrected chi connectivity index (χ0v) is 16.2. The highest BCUT2D eigenvalue weighted by atomic mass is 32.1. The van der Waals surface area contributed by atoms with Gasteiger partial charge in [0, 0.05) is 44.2 Å². The zero-order chi connectivity index (χ0) is 16.9. The topological polar surface area (TPSA) is 39.6 Å². The van der Waals surface area contributed by atoms with Crippen LogP contribution in [0.4, 0.5) is 0 Å². The molecule has 1 atom stereocenters. The van der Waals surface area contributed by atoms with E-state index >= 15 is 0 Å². The number of aliphatic hydroxyl groups is 1. The van der Waals surface area contributed by atoms with Crippen LogP contribution < -0.4 is 0 Å². The van der Waals surface area contributed by atoms with E-state index in [0.717, 1.165) is 39.1 Å². The summed E-state index contributed by atoms with van der Waals surface area (Å²) in [6, 6.07) is 2.63. The molecule has 1 aliphatic heterocycles. The molecule has 2 aromatic rings. The molecule has 0 aliphatic carbocycles.